The molecule has 28 heavy (non-hydrogen) atoms. The zero-order valence-electron chi connectivity index (χ0n) is 16.2. The molecule has 0 saturated carbocycles. The number of para-hydroxylation sites is 1. The second-order valence-corrected chi connectivity index (χ2v) is 7.56. The first-order valence-corrected chi connectivity index (χ1v) is 9.57. The third-order valence-electron chi connectivity index (χ3n) is 5.68. The molecule has 0 radical (unpaired) electrons. The number of aromatic amines is 1. The zero-order chi connectivity index (χ0) is 19.4. The number of H-pyrrole nitrogens is 1. The Balaban J connectivity index is 1.91. The molecule has 4 aromatic rings. The van der Waals surface area contributed by atoms with Gasteiger partial charge in [-0.2, -0.15) is 10.2 Å². The third-order valence-corrected chi connectivity index (χ3v) is 5.68. The van der Waals surface area contributed by atoms with Crippen LogP contribution in [0.1, 0.15) is 27.9 Å². The molecule has 0 fully saturated rings. The average Bonchev–Trinajstić information content (AvgIpc) is 3.28. The van der Waals surface area contributed by atoms with Gasteiger partial charge in [0.15, 0.2) is 0 Å². The maximum atomic E-state index is 15.4. The first kappa shape index (κ1) is 17.1. The van der Waals surface area contributed by atoms with Gasteiger partial charge in [0, 0.05) is 36.0 Å². The van der Waals surface area contributed by atoms with E-state index in [0.29, 0.717) is 12.1 Å². The Morgan fingerprint density at radius 3 is 2.68 bits per heavy atom. The smallest absolute Gasteiger partial charge is 0.133 e. The average molecular weight is 375 g/mol. The third kappa shape index (κ3) is 2.41. The van der Waals surface area contributed by atoms with Gasteiger partial charge in [0.1, 0.15) is 5.82 Å². The van der Waals surface area contributed by atoms with Crippen LogP contribution in [-0.2, 0) is 13.0 Å². The molecule has 1 aliphatic rings. The summed E-state index contributed by atoms with van der Waals surface area (Å²) >= 11 is 0. The van der Waals surface area contributed by atoms with E-state index in [-0.39, 0.29) is 5.82 Å². The molecule has 0 saturated heterocycles. The van der Waals surface area contributed by atoms with Crippen molar-refractivity contribution < 1.29 is 4.39 Å². The normalized spacial score (nSPS) is 13.9. The first-order valence-electron chi connectivity index (χ1n) is 9.57. The van der Waals surface area contributed by atoms with E-state index in [1.807, 2.05) is 17.7 Å². The summed E-state index contributed by atoms with van der Waals surface area (Å²) in [4.78, 5) is 0. The number of fused-ring (bicyclic) bond motifs is 2. The predicted molar refractivity (Wildman–Crippen MR) is 108 cm³/mol. The Morgan fingerprint density at radius 2 is 1.89 bits per heavy atom. The molecule has 0 bridgehead atoms. The summed E-state index contributed by atoms with van der Waals surface area (Å²) in [7, 11) is 0. The number of hydrogen-bond acceptors (Lipinski definition) is 3. The van der Waals surface area contributed by atoms with Gasteiger partial charge >= 0.3 is 0 Å². The molecule has 2 aromatic carbocycles. The van der Waals surface area contributed by atoms with Crippen LogP contribution in [0.2, 0.25) is 0 Å². The van der Waals surface area contributed by atoms with Gasteiger partial charge in [-0.3, -0.25) is 5.10 Å². The van der Waals surface area contributed by atoms with Crippen LogP contribution >= 0.6 is 0 Å². The lowest BCUT2D eigenvalue weighted by Gasteiger charge is -2.17. The number of aryl methyl sites for hydroxylation is 3. The number of nitrogens with one attached hydrogen (secondary N) is 2. The van der Waals surface area contributed by atoms with Crippen LogP contribution in [0.3, 0.4) is 0 Å². The number of halogens is 1. The maximum absolute atomic E-state index is 15.4. The lowest BCUT2D eigenvalue weighted by Crippen LogP contribution is -2.23. The van der Waals surface area contributed by atoms with Crippen molar-refractivity contribution in [2.24, 2.45) is 0 Å². The number of aromatic nitrogens is 4. The van der Waals surface area contributed by atoms with Gasteiger partial charge in [-0.1, -0.05) is 18.2 Å². The van der Waals surface area contributed by atoms with Crippen LogP contribution < -0.4 is 5.32 Å². The van der Waals surface area contributed by atoms with Crippen molar-refractivity contribution in [2.45, 2.75) is 33.7 Å². The summed E-state index contributed by atoms with van der Waals surface area (Å²) < 4.78 is 17.3. The molecule has 0 aliphatic carbocycles. The van der Waals surface area contributed by atoms with E-state index in [1.165, 1.54) is 0 Å². The van der Waals surface area contributed by atoms with Gasteiger partial charge in [-0.25, -0.2) is 9.07 Å². The first-order chi connectivity index (χ1) is 13.6. The van der Waals surface area contributed by atoms with Gasteiger partial charge in [0.05, 0.1) is 28.8 Å². The molecule has 1 aliphatic heterocycles. The molecule has 142 valence electrons. The van der Waals surface area contributed by atoms with E-state index < -0.39 is 0 Å². The van der Waals surface area contributed by atoms with E-state index in [2.05, 4.69) is 41.5 Å². The van der Waals surface area contributed by atoms with Crippen molar-refractivity contribution >= 4 is 10.9 Å². The quantitative estimate of drug-likeness (QED) is 0.554. The summed E-state index contributed by atoms with van der Waals surface area (Å²) in [6.07, 6.45) is 2.55. The fourth-order valence-electron chi connectivity index (χ4n) is 4.34. The monoisotopic (exact) mass is 375 g/mol. The Hall–Kier alpha value is -2.99. The minimum absolute atomic E-state index is 0.243. The second-order valence-electron chi connectivity index (χ2n) is 7.56. The minimum atomic E-state index is -0.243. The zero-order valence-corrected chi connectivity index (χ0v) is 16.2. The Kier molecular flexibility index (Phi) is 3.84. The van der Waals surface area contributed by atoms with Crippen molar-refractivity contribution in [2.75, 3.05) is 6.54 Å². The van der Waals surface area contributed by atoms with Crippen LogP contribution in [-0.4, -0.2) is 26.5 Å². The van der Waals surface area contributed by atoms with Crippen molar-refractivity contribution in [3.63, 3.8) is 0 Å². The Labute approximate surface area is 162 Å². The SMILES string of the molecule is Cc1cccc(C)c1-n1nc2c(c1-c1c(F)cc(C)c3[nH]ncc13)CNCC2. The highest BCUT2D eigenvalue weighted by Crippen LogP contribution is 2.38. The molecule has 5 rings (SSSR count). The van der Waals surface area contributed by atoms with Gasteiger partial charge in [-0.05, 0) is 43.5 Å². The topological polar surface area (TPSA) is 58.5 Å². The predicted octanol–water partition coefficient (Wildman–Crippen LogP) is 4.13. The largest absolute Gasteiger partial charge is 0.312 e. The summed E-state index contributed by atoms with van der Waals surface area (Å²) in [5.41, 5.74) is 8.45. The molecule has 2 aromatic heterocycles. The Bertz CT molecular complexity index is 1200. The highest BCUT2D eigenvalue weighted by molar-refractivity contribution is 5.96. The van der Waals surface area contributed by atoms with Gasteiger partial charge in [0.2, 0.25) is 0 Å². The standard InChI is InChI=1S/C22H22FN5/c1-12-5-4-6-13(2)21(12)28-22(15-10-24-8-7-18(15)27-28)19-16-11-25-26-20(16)14(3)9-17(19)23/h4-6,9,11,24H,7-8,10H2,1-3H3,(H,25,26). The number of benzene rings is 2. The van der Waals surface area contributed by atoms with Crippen molar-refractivity contribution in [1.29, 1.82) is 0 Å². The summed E-state index contributed by atoms with van der Waals surface area (Å²) in [6.45, 7) is 7.61. The molecule has 0 unspecified atom stereocenters. The van der Waals surface area contributed by atoms with Crippen LogP contribution in [0, 0.1) is 26.6 Å². The van der Waals surface area contributed by atoms with Crippen molar-refractivity contribution in [3.05, 3.63) is 64.2 Å². The summed E-state index contributed by atoms with van der Waals surface area (Å²) in [5.74, 6) is -0.243. The minimum Gasteiger partial charge on any atom is -0.312 e. The van der Waals surface area contributed by atoms with Gasteiger partial charge < -0.3 is 5.32 Å². The maximum Gasteiger partial charge on any atom is 0.133 e. The molecule has 3 heterocycles. The molecule has 0 amide bonds. The van der Waals surface area contributed by atoms with E-state index in [0.717, 1.165) is 63.2 Å². The second kappa shape index (κ2) is 6.27. The van der Waals surface area contributed by atoms with Crippen LogP contribution in [0.25, 0.3) is 27.8 Å². The fraction of sp³-hybridized carbons (Fsp3) is 0.273. The highest BCUT2D eigenvalue weighted by Gasteiger charge is 2.27. The number of nitrogens with zero attached hydrogens (tertiary/aromatic N) is 3. The summed E-state index contributed by atoms with van der Waals surface area (Å²) in [5, 5.41) is 16.4. The lowest BCUT2D eigenvalue weighted by molar-refractivity contribution is 0.628. The van der Waals surface area contributed by atoms with E-state index in [4.69, 9.17) is 5.10 Å². The lowest BCUT2D eigenvalue weighted by atomic mass is 9.97. The fourth-order valence-corrected chi connectivity index (χ4v) is 4.34. The van der Waals surface area contributed by atoms with Gasteiger partial charge in [0.25, 0.3) is 0 Å². The van der Waals surface area contributed by atoms with Crippen molar-refractivity contribution in [3.8, 4) is 16.9 Å². The van der Waals surface area contributed by atoms with E-state index >= 15 is 4.39 Å². The number of rotatable bonds is 2. The number of hydrogen-bond donors (Lipinski definition) is 2. The van der Waals surface area contributed by atoms with E-state index in [9.17, 15) is 0 Å². The Morgan fingerprint density at radius 1 is 1.11 bits per heavy atom. The molecule has 2 N–H and O–H groups in total. The van der Waals surface area contributed by atoms with Crippen LogP contribution in [0.15, 0.2) is 30.5 Å². The molecule has 5 nitrogen and oxygen atoms in total. The molecule has 0 spiro atoms. The molecular weight excluding hydrogens is 353 g/mol. The molecule has 0 atom stereocenters. The van der Waals surface area contributed by atoms with Crippen LogP contribution in [0.4, 0.5) is 4.39 Å². The van der Waals surface area contributed by atoms with Gasteiger partial charge in [-0.15, -0.1) is 0 Å². The summed E-state index contributed by atoms with van der Waals surface area (Å²) in [6, 6.07) is 7.77. The highest BCUT2D eigenvalue weighted by atomic mass is 19.1. The van der Waals surface area contributed by atoms with Crippen LogP contribution in [0.5, 0.6) is 0 Å². The molecule has 6 heteroatoms. The van der Waals surface area contributed by atoms with Crippen molar-refractivity contribution in [1.82, 2.24) is 25.3 Å². The molecular formula is C22H22FN5. The van der Waals surface area contributed by atoms with E-state index in [1.54, 1.807) is 12.3 Å².